The first-order valence-electron chi connectivity index (χ1n) is 26.2. The summed E-state index contributed by atoms with van der Waals surface area (Å²) in [5, 5.41) is 17.0. The van der Waals surface area contributed by atoms with E-state index in [2.05, 4.69) is 37.0 Å². The van der Waals surface area contributed by atoms with Gasteiger partial charge in [0.2, 0.25) is 5.91 Å². The molecule has 3 aromatic rings. The average Bonchev–Trinajstić information content (AvgIpc) is 3.90. The quantitative estimate of drug-likeness (QED) is 0.0150. The Morgan fingerprint density at radius 3 is 2.16 bits per heavy atom. The van der Waals surface area contributed by atoms with Crippen LogP contribution in [0.4, 0.5) is 5.69 Å². The number of hydrogen-bond acceptors (Lipinski definition) is 15. The number of ether oxygens (including phenoxy) is 6. The topological polar surface area (TPSA) is 219 Å². The third-order valence-corrected chi connectivity index (χ3v) is 15.1. The van der Waals surface area contributed by atoms with E-state index in [1.807, 2.05) is 19.1 Å². The molecule has 3 unspecified atom stereocenters. The number of esters is 4. The summed E-state index contributed by atoms with van der Waals surface area (Å²) in [6.07, 6.45) is 11.6. The number of terminal acetylenes is 1. The normalized spacial score (nSPS) is 21.2. The van der Waals surface area contributed by atoms with Crippen LogP contribution in [-0.2, 0) is 47.6 Å². The van der Waals surface area contributed by atoms with Crippen LogP contribution >= 0.6 is 0 Å². The van der Waals surface area contributed by atoms with Crippen molar-refractivity contribution in [3.63, 3.8) is 0 Å². The highest BCUT2D eigenvalue weighted by Crippen LogP contribution is 2.63. The Morgan fingerprint density at radius 2 is 1.46 bits per heavy atom. The van der Waals surface area contributed by atoms with Crippen LogP contribution in [0.2, 0.25) is 0 Å². The number of Topliss-reactive ketones (excluding diaryl/α,β-unsaturated/α-hetero) is 1. The number of amides is 1. The first-order valence-corrected chi connectivity index (χ1v) is 26.2. The molecule has 6 rings (SSSR count). The molecule has 3 aliphatic rings. The lowest BCUT2D eigenvalue weighted by atomic mass is 9.45. The maximum absolute atomic E-state index is 13.4. The van der Waals surface area contributed by atoms with Crippen molar-refractivity contribution in [1.82, 2.24) is 5.32 Å². The molecule has 6 atom stereocenters. The van der Waals surface area contributed by atoms with Gasteiger partial charge in [0, 0.05) is 29.7 Å². The number of fused-ring (bicyclic) bond motifs is 1. The maximum atomic E-state index is 13.4. The van der Waals surface area contributed by atoms with Crippen LogP contribution < -0.4 is 10.6 Å². The minimum Gasteiger partial charge on any atom is -0.462 e. The number of nitrogens with one attached hydrogen (secondary N) is 2. The Hall–Kier alpha value is -6.77. The van der Waals surface area contributed by atoms with Crippen LogP contribution in [0.15, 0.2) is 96.6 Å². The number of carbonyl (C=O) groups is 7. The van der Waals surface area contributed by atoms with Gasteiger partial charge in [-0.15, -0.1) is 6.42 Å². The van der Waals surface area contributed by atoms with E-state index in [1.165, 1.54) is 12.1 Å². The molecule has 0 aromatic heterocycles. The van der Waals surface area contributed by atoms with Crippen molar-refractivity contribution in [3.05, 3.63) is 124 Å². The number of hydrogen-bond donors (Lipinski definition) is 3. The highest BCUT2D eigenvalue weighted by molar-refractivity contribution is 6.09. The van der Waals surface area contributed by atoms with Crippen LogP contribution in [0.3, 0.4) is 0 Å². The SMILES string of the molecule is C#CCOCCOCCOC(=O)CNCC(=O)Nc1ccc(C(=O)c2ccc(C(=O)OCCCCCC(=O)CC[C@]3(C)C(O)CC[C@]4(C)C3CCC(=C)[C@H]4CC(OC(=O)c3ccc(C)cc3)C3=CCOC3=O)cc2)cc1. The van der Waals surface area contributed by atoms with E-state index < -0.39 is 47.4 Å². The zero-order valence-corrected chi connectivity index (χ0v) is 44.0. The Kier molecular flexibility index (Phi) is 21.8. The number of allylic oxidation sites excluding steroid dienone is 1. The summed E-state index contributed by atoms with van der Waals surface area (Å²) in [7, 11) is 0. The number of aryl methyl sites for hydroxylation is 1. The maximum Gasteiger partial charge on any atom is 0.338 e. The molecule has 2 saturated carbocycles. The van der Waals surface area contributed by atoms with Crippen LogP contribution in [0, 0.1) is 41.9 Å². The van der Waals surface area contributed by atoms with Gasteiger partial charge in [0.25, 0.3) is 0 Å². The molecule has 1 aliphatic heterocycles. The van der Waals surface area contributed by atoms with Crippen LogP contribution in [-0.4, -0.2) is 118 Å². The number of unbranched alkanes of at least 4 members (excludes halogenated alkanes) is 2. The molecular weight excluding hydrogens is 973 g/mol. The van der Waals surface area contributed by atoms with Gasteiger partial charge in [0.15, 0.2) is 5.78 Å². The number of aliphatic hydroxyl groups excluding tert-OH is 1. The summed E-state index contributed by atoms with van der Waals surface area (Å²) in [6, 6.07) is 19.6. The van der Waals surface area contributed by atoms with Gasteiger partial charge in [-0.05, 0) is 142 Å². The van der Waals surface area contributed by atoms with Crippen LogP contribution in [0.5, 0.6) is 0 Å². The largest absolute Gasteiger partial charge is 0.462 e. The summed E-state index contributed by atoms with van der Waals surface area (Å²) in [6.45, 7) is 11.8. The predicted molar refractivity (Wildman–Crippen MR) is 283 cm³/mol. The third kappa shape index (κ3) is 16.1. The Bertz CT molecular complexity index is 2600. The van der Waals surface area contributed by atoms with Gasteiger partial charge in [0.1, 0.15) is 31.7 Å². The van der Waals surface area contributed by atoms with Crippen molar-refractivity contribution in [2.75, 3.05) is 64.7 Å². The van der Waals surface area contributed by atoms with E-state index in [4.69, 9.17) is 34.8 Å². The number of cyclic esters (lactones) is 1. The fourth-order valence-corrected chi connectivity index (χ4v) is 10.8. The van der Waals surface area contributed by atoms with Crippen LogP contribution in [0.25, 0.3) is 0 Å². The van der Waals surface area contributed by atoms with E-state index >= 15 is 0 Å². The lowest BCUT2D eigenvalue weighted by molar-refractivity contribution is -0.145. The number of rotatable bonds is 29. The summed E-state index contributed by atoms with van der Waals surface area (Å²) in [5.41, 5.74) is 3.36. The zero-order chi connectivity index (χ0) is 54.7. The highest BCUT2D eigenvalue weighted by atomic mass is 16.6. The molecule has 3 N–H and O–H groups in total. The first kappa shape index (κ1) is 58.5. The lowest BCUT2D eigenvalue weighted by Crippen LogP contribution is -2.56. The third-order valence-electron chi connectivity index (χ3n) is 15.1. The smallest absolute Gasteiger partial charge is 0.338 e. The van der Waals surface area contributed by atoms with Gasteiger partial charge < -0.3 is 38.8 Å². The number of carbonyl (C=O) groups excluding carboxylic acids is 7. The van der Waals surface area contributed by atoms with Gasteiger partial charge in [0.05, 0.1) is 62.3 Å². The summed E-state index contributed by atoms with van der Waals surface area (Å²) < 4.78 is 32.3. The second-order valence-corrected chi connectivity index (χ2v) is 20.3. The number of aliphatic hydroxyl groups is 1. The van der Waals surface area contributed by atoms with Gasteiger partial charge in [-0.25, -0.2) is 14.4 Å². The summed E-state index contributed by atoms with van der Waals surface area (Å²) in [4.78, 5) is 90.0. The lowest BCUT2D eigenvalue weighted by Gasteiger charge is -2.60. The van der Waals surface area contributed by atoms with Crippen molar-refractivity contribution in [3.8, 4) is 12.3 Å². The van der Waals surface area contributed by atoms with Gasteiger partial charge in [-0.3, -0.25) is 24.5 Å². The van der Waals surface area contributed by atoms with Crippen molar-refractivity contribution in [2.45, 2.75) is 104 Å². The van der Waals surface area contributed by atoms with Gasteiger partial charge in [-0.2, -0.15) is 0 Å². The molecule has 16 nitrogen and oxygen atoms in total. The van der Waals surface area contributed by atoms with E-state index in [0.29, 0.717) is 98.1 Å². The predicted octanol–water partition coefficient (Wildman–Crippen LogP) is 7.88. The summed E-state index contributed by atoms with van der Waals surface area (Å²) >= 11 is 0. The molecule has 2 fully saturated rings. The molecule has 16 heteroatoms. The average molecular weight is 1050 g/mol. The van der Waals surface area contributed by atoms with E-state index in [0.717, 1.165) is 30.4 Å². The van der Waals surface area contributed by atoms with Gasteiger partial charge >= 0.3 is 23.9 Å². The summed E-state index contributed by atoms with van der Waals surface area (Å²) in [5.74, 6) is -0.360. The Labute approximate surface area is 445 Å². The van der Waals surface area contributed by atoms with E-state index in [9.17, 15) is 38.7 Å². The zero-order valence-electron chi connectivity index (χ0n) is 44.0. The molecule has 0 radical (unpaired) electrons. The standard InChI is InChI=1S/C60H72N2O14/c1-6-30-71-33-34-72-35-36-73-54(66)39-61-38-53(65)62-46-22-20-43(21-23-46)55(67)42-16-18-44(19-17-42)56(68)74-31-9-7-8-10-47(63)25-28-60(5)51-24-13-41(3)49(59(51,4)29-26-52(60)64)37-50(48-27-32-75-58(48)70)76-57(69)45-14-11-40(2)12-15-45/h1,11-12,14-23,27,49-52,61,64H,3,7-10,13,24-26,28-39H2,2,4-5H3,(H,62,65)/t49-,50?,51?,52?,59+,60+/m1/s1. The molecule has 0 saturated heterocycles. The van der Waals surface area contributed by atoms with Gasteiger partial charge in [-0.1, -0.05) is 61.7 Å². The highest BCUT2D eigenvalue weighted by Gasteiger charge is 2.58. The minimum atomic E-state index is -0.837. The van der Waals surface area contributed by atoms with E-state index in [1.54, 1.807) is 54.6 Å². The number of ketones is 2. The Balaban J connectivity index is 0.884. The monoisotopic (exact) mass is 1040 g/mol. The molecule has 1 heterocycles. The molecule has 3 aromatic carbocycles. The van der Waals surface area contributed by atoms with Crippen molar-refractivity contribution < 1.29 is 67.1 Å². The molecule has 0 bridgehead atoms. The van der Waals surface area contributed by atoms with Crippen molar-refractivity contribution in [1.29, 1.82) is 0 Å². The van der Waals surface area contributed by atoms with Crippen molar-refractivity contribution >= 4 is 47.0 Å². The van der Waals surface area contributed by atoms with Crippen LogP contribution in [0.1, 0.15) is 127 Å². The second kappa shape index (κ2) is 28.4. The molecule has 1 amide bonds. The molecule has 76 heavy (non-hydrogen) atoms. The fourth-order valence-electron chi connectivity index (χ4n) is 10.8. The number of benzene rings is 3. The number of anilines is 1. The fraction of sp³-hybridized carbons (Fsp3) is 0.483. The minimum absolute atomic E-state index is 0.0508. The molecule has 2 aliphatic carbocycles. The molecule has 0 spiro atoms. The van der Waals surface area contributed by atoms with E-state index in [-0.39, 0.29) is 74.9 Å². The van der Waals surface area contributed by atoms with Crippen molar-refractivity contribution in [2.24, 2.45) is 22.7 Å². The Morgan fingerprint density at radius 1 is 0.803 bits per heavy atom. The second-order valence-electron chi connectivity index (χ2n) is 20.3. The molecular formula is C60H72N2O14. The first-order chi connectivity index (χ1) is 36.5. The molecule has 406 valence electrons.